The third-order valence-corrected chi connectivity index (χ3v) is 4.09. The molecule has 2 rings (SSSR count). The van der Waals surface area contributed by atoms with Gasteiger partial charge in [0.15, 0.2) is 5.03 Å². The van der Waals surface area contributed by atoms with Crippen molar-refractivity contribution in [2.75, 3.05) is 0 Å². The molecule has 0 aliphatic carbocycles. The first-order valence-corrected chi connectivity index (χ1v) is 8.12. The number of hydrogen-bond donors (Lipinski definition) is 3. The van der Waals surface area contributed by atoms with E-state index in [0.29, 0.717) is 18.4 Å². The fourth-order valence-electron chi connectivity index (χ4n) is 1.63. The minimum atomic E-state index is -3.63. The van der Waals surface area contributed by atoms with E-state index in [-0.39, 0.29) is 11.6 Å². The summed E-state index contributed by atoms with van der Waals surface area (Å²) in [6.07, 6.45) is 4.77. The summed E-state index contributed by atoms with van der Waals surface area (Å²) in [6.45, 7) is 4.86. The lowest BCUT2D eigenvalue weighted by Gasteiger charge is -2.09. The van der Waals surface area contributed by atoms with Crippen LogP contribution >= 0.6 is 0 Å². The zero-order valence-electron chi connectivity index (χ0n) is 12.0. The number of H-pyrrole nitrogens is 1. The zero-order valence-corrected chi connectivity index (χ0v) is 12.8. The van der Waals surface area contributed by atoms with Gasteiger partial charge in [-0.25, -0.2) is 23.1 Å². The summed E-state index contributed by atoms with van der Waals surface area (Å²) in [7, 11) is -3.63. The Kier molecular flexibility index (Phi) is 5.05. The third-order valence-electron chi connectivity index (χ3n) is 2.77. The van der Waals surface area contributed by atoms with Crippen molar-refractivity contribution in [2.45, 2.75) is 38.0 Å². The minimum absolute atomic E-state index is 0.00218. The maximum Gasteiger partial charge on any atom is 0.258 e. The maximum atomic E-state index is 12.1. The van der Waals surface area contributed by atoms with Crippen LogP contribution in [0.5, 0.6) is 0 Å². The highest BCUT2D eigenvalue weighted by molar-refractivity contribution is 7.89. The topological polar surface area (TPSA) is 99.8 Å². The highest BCUT2D eigenvalue weighted by atomic mass is 32.2. The van der Waals surface area contributed by atoms with Gasteiger partial charge in [-0.3, -0.25) is 0 Å². The van der Waals surface area contributed by atoms with E-state index in [0.717, 1.165) is 5.56 Å². The van der Waals surface area contributed by atoms with E-state index in [1.165, 1.54) is 6.07 Å². The molecule has 0 amide bonds. The Morgan fingerprint density at radius 2 is 2.05 bits per heavy atom. The van der Waals surface area contributed by atoms with Crippen molar-refractivity contribution in [1.29, 1.82) is 0 Å². The van der Waals surface area contributed by atoms with Crippen LogP contribution in [0, 0.1) is 0 Å². The second kappa shape index (κ2) is 6.79. The molecule has 0 saturated carbocycles. The molecule has 8 heteroatoms. The quantitative estimate of drug-likeness (QED) is 0.702. The molecule has 114 valence electrons. The third kappa shape index (κ3) is 4.62. The van der Waals surface area contributed by atoms with E-state index < -0.39 is 10.0 Å². The first-order chi connectivity index (χ1) is 9.97. The van der Waals surface area contributed by atoms with E-state index in [9.17, 15) is 8.42 Å². The Balaban J connectivity index is 1.99. The maximum absolute atomic E-state index is 12.1. The van der Waals surface area contributed by atoms with E-state index >= 15 is 0 Å². The van der Waals surface area contributed by atoms with E-state index in [2.05, 4.69) is 25.0 Å². The molecule has 0 unspecified atom stereocenters. The van der Waals surface area contributed by atoms with Gasteiger partial charge in [0.25, 0.3) is 10.0 Å². The molecule has 0 atom stereocenters. The molecule has 2 aromatic rings. The van der Waals surface area contributed by atoms with Crippen molar-refractivity contribution >= 4 is 10.0 Å². The summed E-state index contributed by atoms with van der Waals surface area (Å²) in [4.78, 5) is 10.8. The van der Waals surface area contributed by atoms with Crippen LogP contribution in [0.3, 0.4) is 0 Å². The van der Waals surface area contributed by atoms with Crippen molar-refractivity contribution in [3.8, 4) is 0 Å². The van der Waals surface area contributed by atoms with Gasteiger partial charge in [-0.2, -0.15) is 0 Å². The predicted molar refractivity (Wildman–Crippen MR) is 78.8 cm³/mol. The van der Waals surface area contributed by atoms with Gasteiger partial charge >= 0.3 is 0 Å². The molecule has 0 radical (unpaired) electrons. The largest absolute Gasteiger partial charge is 0.347 e. The first-order valence-electron chi connectivity index (χ1n) is 6.63. The van der Waals surface area contributed by atoms with Crippen molar-refractivity contribution in [3.05, 3.63) is 42.1 Å². The molecule has 0 bridgehead atoms. The van der Waals surface area contributed by atoms with Crippen molar-refractivity contribution in [2.24, 2.45) is 0 Å². The smallest absolute Gasteiger partial charge is 0.258 e. The van der Waals surface area contributed by atoms with Crippen LogP contribution in [0.1, 0.15) is 25.2 Å². The fourth-order valence-corrected chi connectivity index (χ4v) is 2.54. The average molecular weight is 309 g/mol. The monoisotopic (exact) mass is 309 g/mol. The average Bonchev–Trinajstić information content (AvgIpc) is 2.97. The number of aromatic nitrogens is 3. The number of rotatable bonds is 7. The predicted octanol–water partition coefficient (Wildman–Crippen LogP) is 0.781. The molecule has 0 aromatic carbocycles. The van der Waals surface area contributed by atoms with Gasteiger partial charge in [0.1, 0.15) is 5.82 Å². The normalized spacial score (nSPS) is 12.0. The number of nitrogens with zero attached hydrogens (tertiary/aromatic N) is 2. The van der Waals surface area contributed by atoms with Gasteiger partial charge in [-0.05, 0) is 11.6 Å². The lowest BCUT2D eigenvalue weighted by molar-refractivity contribution is 0.573. The molecule has 0 aliphatic heterocycles. The Morgan fingerprint density at radius 1 is 1.24 bits per heavy atom. The van der Waals surface area contributed by atoms with Gasteiger partial charge in [-0.15, -0.1) is 0 Å². The summed E-state index contributed by atoms with van der Waals surface area (Å²) in [5.74, 6) is 0.552. The number of hydrogen-bond acceptors (Lipinski definition) is 5. The van der Waals surface area contributed by atoms with Gasteiger partial charge < -0.3 is 10.3 Å². The summed E-state index contributed by atoms with van der Waals surface area (Å²) in [6, 6.07) is 3.62. The Hall–Kier alpha value is -1.77. The van der Waals surface area contributed by atoms with Crippen LogP contribution in [-0.4, -0.2) is 29.4 Å². The lowest BCUT2D eigenvalue weighted by atomic mass is 10.2. The van der Waals surface area contributed by atoms with Crippen molar-refractivity contribution < 1.29 is 8.42 Å². The fraction of sp³-hybridized carbons (Fsp3) is 0.385. The molecule has 0 spiro atoms. The molecular formula is C13H19N5O2S. The molecule has 0 aliphatic rings. The summed E-state index contributed by atoms with van der Waals surface area (Å²) < 4.78 is 26.6. The van der Waals surface area contributed by atoms with Crippen LogP contribution in [0.4, 0.5) is 0 Å². The highest BCUT2D eigenvalue weighted by Gasteiger charge is 2.15. The number of sulfonamides is 1. The van der Waals surface area contributed by atoms with Crippen LogP contribution in [-0.2, 0) is 23.1 Å². The van der Waals surface area contributed by atoms with Crippen molar-refractivity contribution in [3.63, 3.8) is 0 Å². The summed E-state index contributed by atoms with van der Waals surface area (Å²) in [5.41, 5.74) is 0.939. The molecule has 2 aromatic heterocycles. The van der Waals surface area contributed by atoms with Crippen LogP contribution in [0.15, 0.2) is 35.7 Å². The van der Waals surface area contributed by atoms with Gasteiger partial charge in [0, 0.05) is 31.2 Å². The molecular weight excluding hydrogens is 290 g/mol. The molecule has 7 nitrogen and oxygen atoms in total. The Labute approximate surface area is 124 Å². The number of nitrogens with one attached hydrogen (secondary N) is 3. The highest BCUT2D eigenvalue weighted by Crippen LogP contribution is 2.07. The summed E-state index contributed by atoms with van der Waals surface area (Å²) in [5, 5.41) is 3.25. The lowest BCUT2D eigenvalue weighted by Crippen LogP contribution is -2.25. The zero-order chi connectivity index (χ0) is 15.3. The molecule has 0 fully saturated rings. The Morgan fingerprint density at radius 3 is 2.62 bits per heavy atom. The van der Waals surface area contributed by atoms with Gasteiger partial charge in [-0.1, -0.05) is 19.9 Å². The number of aromatic amines is 1. The number of imidazole rings is 1. The Bertz CT molecular complexity index is 650. The van der Waals surface area contributed by atoms with Gasteiger partial charge in [0.2, 0.25) is 0 Å². The molecule has 21 heavy (non-hydrogen) atoms. The second-order valence-corrected chi connectivity index (χ2v) is 6.61. The first kappa shape index (κ1) is 15.6. The van der Waals surface area contributed by atoms with Gasteiger partial charge in [0.05, 0.1) is 6.54 Å². The molecule has 2 heterocycles. The van der Waals surface area contributed by atoms with Crippen LogP contribution in [0.2, 0.25) is 0 Å². The van der Waals surface area contributed by atoms with Crippen LogP contribution < -0.4 is 10.0 Å². The van der Waals surface area contributed by atoms with E-state index in [1.807, 2.05) is 13.8 Å². The van der Waals surface area contributed by atoms with Crippen LogP contribution in [0.25, 0.3) is 0 Å². The second-order valence-electron chi connectivity index (χ2n) is 4.90. The molecule has 0 saturated heterocycles. The SMILES string of the molecule is CC(C)NCc1ccc(S(=O)(=O)NCc2ncc[nH]2)nc1. The standard InChI is InChI=1S/C13H19N5O2S/c1-10(2)16-7-11-3-4-13(17-8-11)21(19,20)18-9-12-14-5-6-15-12/h3-6,8,10,16,18H,7,9H2,1-2H3,(H,14,15). The van der Waals surface area contributed by atoms with Crippen molar-refractivity contribution in [1.82, 2.24) is 25.0 Å². The molecule has 3 N–H and O–H groups in total. The van der Waals surface area contributed by atoms with E-state index in [1.54, 1.807) is 24.7 Å². The van der Waals surface area contributed by atoms with E-state index in [4.69, 9.17) is 0 Å². The minimum Gasteiger partial charge on any atom is -0.347 e. The summed E-state index contributed by atoms with van der Waals surface area (Å²) >= 11 is 0. The number of pyridine rings is 1.